The second kappa shape index (κ2) is 3.68. The molecule has 3 heteroatoms. The van der Waals surface area contributed by atoms with Gasteiger partial charge in [-0.25, -0.2) is 4.98 Å². The van der Waals surface area contributed by atoms with Crippen LogP contribution in [0.5, 0.6) is 0 Å². The maximum Gasteiger partial charge on any atom is 0.0950 e. The zero-order chi connectivity index (χ0) is 7.40. The van der Waals surface area contributed by atoms with Gasteiger partial charge in [-0.15, -0.1) is 11.3 Å². The number of ether oxygens (including phenoxy) is 1. The molecular formula is C7H11NOS. The van der Waals surface area contributed by atoms with Gasteiger partial charge in [0.25, 0.3) is 0 Å². The van der Waals surface area contributed by atoms with Gasteiger partial charge in [0.1, 0.15) is 0 Å². The highest BCUT2D eigenvalue weighted by Gasteiger charge is 1.96. The fraction of sp³-hybridized carbons (Fsp3) is 0.571. The van der Waals surface area contributed by atoms with E-state index in [2.05, 4.69) is 11.9 Å². The van der Waals surface area contributed by atoms with Crippen molar-refractivity contribution in [2.75, 3.05) is 13.7 Å². The average molecular weight is 157 g/mol. The van der Waals surface area contributed by atoms with Crippen LogP contribution in [0.2, 0.25) is 0 Å². The Morgan fingerprint density at radius 2 is 2.50 bits per heavy atom. The Morgan fingerprint density at radius 3 is 3.00 bits per heavy atom. The molecule has 0 aromatic carbocycles. The van der Waals surface area contributed by atoms with Gasteiger partial charge in [0.15, 0.2) is 0 Å². The maximum atomic E-state index is 4.92. The Bertz CT molecular complexity index is 197. The molecule has 0 saturated heterocycles. The smallest absolute Gasteiger partial charge is 0.0950 e. The summed E-state index contributed by atoms with van der Waals surface area (Å²) in [5.41, 5.74) is 0. The Kier molecular flexibility index (Phi) is 2.83. The Balaban J connectivity index is 2.42. The van der Waals surface area contributed by atoms with Crippen LogP contribution in [0.15, 0.2) is 6.20 Å². The van der Waals surface area contributed by atoms with Crippen LogP contribution < -0.4 is 0 Å². The third-order valence-corrected chi connectivity index (χ3v) is 2.16. The van der Waals surface area contributed by atoms with Gasteiger partial charge in [-0.1, -0.05) is 0 Å². The van der Waals surface area contributed by atoms with Crippen molar-refractivity contribution in [2.24, 2.45) is 0 Å². The molecule has 10 heavy (non-hydrogen) atoms. The summed E-state index contributed by atoms with van der Waals surface area (Å²) in [6.07, 6.45) is 2.84. The molecule has 0 fully saturated rings. The number of hydrogen-bond donors (Lipinski definition) is 0. The lowest BCUT2D eigenvalue weighted by atomic mass is 10.5. The molecule has 56 valence electrons. The first-order valence-corrected chi connectivity index (χ1v) is 4.05. The fourth-order valence-corrected chi connectivity index (χ4v) is 1.47. The van der Waals surface area contributed by atoms with E-state index in [9.17, 15) is 0 Å². The molecule has 0 radical (unpaired) electrons. The summed E-state index contributed by atoms with van der Waals surface area (Å²) in [6, 6.07) is 0. The molecule has 0 aliphatic carbocycles. The van der Waals surface area contributed by atoms with Crippen LogP contribution in [0.4, 0.5) is 0 Å². The minimum absolute atomic E-state index is 0.771. The molecule has 2 nitrogen and oxygen atoms in total. The first-order chi connectivity index (χ1) is 4.83. The molecule has 0 spiro atoms. The molecule has 0 amide bonds. The summed E-state index contributed by atoms with van der Waals surface area (Å²) in [5.74, 6) is 0. The summed E-state index contributed by atoms with van der Waals surface area (Å²) in [6.45, 7) is 2.83. The fourth-order valence-electron chi connectivity index (χ4n) is 0.706. The van der Waals surface area contributed by atoms with E-state index in [1.54, 1.807) is 18.4 Å². The SMILES string of the molecule is COCCc1ncc(C)s1. The van der Waals surface area contributed by atoms with Gasteiger partial charge in [0.05, 0.1) is 11.6 Å². The van der Waals surface area contributed by atoms with Crippen molar-refractivity contribution in [2.45, 2.75) is 13.3 Å². The number of rotatable bonds is 3. The zero-order valence-corrected chi connectivity index (χ0v) is 7.07. The number of nitrogens with zero attached hydrogens (tertiary/aromatic N) is 1. The molecule has 0 saturated carbocycles. The minimum Gasteiger partial charge on any atom is -0.384 e. The Morgan fingerprint density at radius 1 is 1.70 bits per heavy atom. The van der Waals surface area contributed by atoms with Crippen molar-refractivity contribution < 1.29 is 4.74 Å². The number of aryl methyl sites for hydroxylation is 1. The molecule has 0 bridgehead atoms. The summed E-state index contributed by atoms with van der Waals surface area (Å²) >= 11 is 1.74. The van der Waals surface area contributed by atoms with Crippen LogP contribution in [0, 0.1) is 6.92 Å². The molecule has 1 aromatic rings. The van der Waals surface area contributed by atoms with Crippen LogP contribution in [-0.4, -0.2) is 18.7 Å². The van der Waals surface area contributed by atoms with Crippen molar-refractivity contribution in [3.05, 3.63) is 16.1 Å². The van der Waals surface area contributed by atoms with Crippen molar-refractivity contribution in [3.8, 4) is 0 Å². The van der Waals surface area contributed by atoms with E-state index in [4.69, 9.17) is 4.74 Å². The van der Waals surface area contributed by atoms with Crippen molar-refractivity contribution >= 4 is 11.3 Å². The molecule has 0 N–H and O–H groups in total. The molecule has 0 aliphatic rings. The monoisotopic (exact) mass is 157 g/mol. The maximum absolute atomic E-state index is 4.92. The molecule has 0 aliphatic heterocycles. The highest BCUT2D eigenvalue weighted by Crippen LogP contribution is 2.11. The number of hydrogen-bond acceptors (Lipinski definition) is 3. The topological polar surface area (TPSA) is 22.1 Å². The van der Waals surface area contributed by atoms with Crippen molar-refractivity contribution in [1.29, 1.82) is 0 Å². The average Bonchev–Trinajstić information content (AvgIpc) is 2.31. The third kappa shape index (κ3) is 2.08. The second-order valence-corrected chi connectivity index (χ2v) is 3.43. The highest BCUT2D eigenvalue weighted by atomic mass is 32.1. The number of methoxy groups -OCH3 is 1. The van der Waals surface area contributed by atoms with Gasteiger partial charge in [-0.2, -0.15) is 0 Å². The predicted molar refractivity (Wildman–Crippen MR) is 42.4 cm³/mol. The van der Waals surface area contributed by atoms with Gasteiger partial charge in [0.2, 0.25) is 0 Å². The van der Waals surface area contributed by atoms with Crippen molar-refractivity contribution in [1.82, 2.24) is 4.98 Å². The van der Waals surface area contributed by atoms with E-state index in [1.165, 1.54) is 9.88 Å². The molecule has 1 heterocycles. The quantitative estimate of drug-likeness (QED) is 0.665. The second-order valence-electron chi connectivity index (χ2n) is 2.11. The highest BCUT2D eigenvalue weighted by molar-refractivity contribution is 7.11. The predicted octanol–water partition coefficient (Wildman–Crippen LogP) is 1.64. The molecule has 0 atom stereocenters. The van der Waals surface area contributed by atoms with Crippen LogP contribution >= 0.6 is 11.3 Å². The van der Waals surface area contributed by atoms with E-state index in [0.29, 0.717) is 0 Å². The molecule has 1 aromatic heterocycles. The van der Waals surface area contributed by atoms with Gasteiger partial charge in [-0.05, 0) is 6.92 Å². The largest absolute Gasteiger partial charge is 0.384 e. The molecule has 0 unspecified atom stereocenters. The summed E-state index contributed by atoms with van der Waals surface area (Å²) < 4.78 is 4.92. The first-order valence-electron chi connectivity index (χ1n) is 3.23. The summed E-state index contributed by atoms with van der Waals surface area (Å²) in [4.78, 5) is 5.46. The summed E-state index contributed by atoms with van der Waals surface area (Å²) in [5, 5.41) is 1.17. The van der Waals surface area contributed by atoms with E-state index in [0.717, 1.165) is 13.0 Å². The Hall–Kier alpha value is -0.410. The van der Waals surface area contributed by atoms with Crippen LogP contribution in [0.1, 0.15) is 9.88 Å². The zero-order valence-electron chi connectivity index (χ0n) is 6.26. The summed E-state index contributed by atoms with van der Waals surface area (Å²) in [7, 11) is 1.71. The van der Waals surface area contributed by atoms with Gasteiger partial charge in [-0.3, -0.25) is 0 Å². The number of aromatic nitrogens is 1. The molecule has 1 rings (SSSR count). The van der Waals surface area contributed by atoms with E-state index in [1.807, 2.05) is 6.20 Å². The van der Waals surface area contributed by atoms with Gasteiger partial charge >= 0.3 is 0 Å². The van der Waals surface area contributed by atoms with Gasteiger partial charge < -0.3 is 4.74 Å². The van der Waals surface area contributed by atoms with E-state index < -0.39 is 0 Å². The lowest BCUT2D eigenvalue weighted by Crippen LogP contribution is -1.92. The first kappa shape index (κ1) is 7.69. The van der Waals surface area contributed by atoms with E-state index >= 15 is 0 Å². The normalized spacial score (nSPS) is 10.2. The van der Waals surface area contributed by atoms with Crippen molar-refractivity contribution in [3.63, 3.8) is 0 Å². The Labute approximate surface area is 64.9 Å². The standard InChI is InChI=1S/C7H11NOS/c1-6-5-8-7(10-6)3-4-9-2/h5H,3-4H2,1-2H3. The molecular weight excluding hydrogens is 146 g/mol. The van der Waals surface area contributed by atoms with Crippen LogP contribution in [-0.2, 0) is 11.2 Å². The lowest BCUT2D eigenvalue weighted by Gasteiger charge is -1.91. The van der Waals surface area contributed by atoms with Gasteiger partial charge in [0, 0.05) is 24.6 Å². The van der Waals surface area contributed by atoms with E-state index in [-0.39, 0.29) is 0 Å². The van der Waals surface area contributed by atoms with Crippen LogP contribution in [0.25, 0.3) is 0 Å². The van der Waals surface area contributed by atoms with Crippen LogP contribution in [0.3, 0.4) is 0 Å². The third-order valence-electron chi connectivity index (χ3n) is 1.19. The number of thiazole rings is 1. The minimum atomic E-state index is 0.771. The lowest BCUT2D eigenvalue weighted by molar-refractivity contribution is 0.202.